The van der Waals surface area contributed by atoms with Gasteiger partial charge in [-0.15, -0.1) is 11.3 Å². The third kappa shape index (κ3) is 4.89. The summed E-state index contributed by atoms with van der Waals surface area (Å²) in [5.74, 6) is -0.387. The second-order valence-corrected chi connectivity index (χ2v) is 8.44. The van der Waals surface area contributed by atoms with Gasteiger partial charge in [0.2, 0.25) is 0 Å². The average Bonchev–Trinajstić information content (AvgIpc) is 3.09. The Labute approximate surface area is 184 Å². The molecule has 1 aliphatic carbocycles. The molecular formula is C23H24N2O5S. The van der Waals surface area contributed by atoms with Crippen LogP contribution in [0, 0.1) is 17.2 Å². The number of amides is 1. The summed E-state index contributed by atoms with van der Waals surface area (Å²) >= 11 is 1.37. The van der Waals surface area contributed by atoms with E-state index in [0.717, 1.165) is 29.7 Å². The normalized spacial score (nSPS) is 15.5. The largest absolute Gasteiger partial charge is 0.504 e. The molecule has 1 aromatic carbocycles. The summed E-state index contributed by atoms with van der Waals surface area (Å²) in [5.41, 5.74) is 1.71. The predicted octanol–water partition coefficient (Wildman–Crippen LogP) is 4.31. The van der Waals surface area contributed by atoms with Crippen LogP contribution in [0.3, 0.4) is 0 Å². The summed E-state index contributed by atoms with van der Waals surface area (Å²) in [5, 5.41) is 22.4. The molecule has 0 spiro atoms. The molecule has 0 saturated carbocycles. The molecule has 7 nitrogen and oxygen atoms in total. The van der Waals surface area contributed by atoms with E-state index in [1.165, 1.54) is 36.7 Å². The number of ether oxygens (including phenoxy) is 2. The highest BCUT2D eigenvalue weighted by Crippen LogP contribution is 2.40. The lowest BCUT2D eigenvalue weighted by Crippen LogP contribution is -2.17. The lowest BCUT2D eigenvalue weighted by atomic mass is 9.88. The predicted molar refractivity (Wildman–Crippen MR) is 118 cm³/mol. The number of benzene rings is 1. The molecule has 0 radical (unpaired) electrons. The van der Waals surface area contributed by atoms with Crippen molar-refractivity contribution in [3.63, 3.8) is 0 Å². The number of thiophene rings is 1. The summed E-state index contributed by atoms with van der Waals surface area (Å²) in [4.78, 5) is 26.5. The molecule has 0 unspecified atom stereocenters. The highest BCUT2D eigenvalue weighted by atomic mass is 32.1. The first-order valence-electron chi connectivity index (χ1n) is 9.99. The molecule has 1 aromatic heterocycles. The van der Waals surface area contributed by atoms with E-state index in [-0.39, 0.29) is 23.7 Å². The zero-order valence-electron chi connectivity index (χ0n) is 17.7. The van der Waals surface area contributed by atoms with Crippen LogP contribution in [-0.2, 0) is 22.4 Å². The van der Waals surface area contributed by atoms with Gasteiger partial charge in [0.25, 0.3) is 5.91 Å². The summed E-state index contributed by atoms with van der Waals surface area (Å²) in [6.07, 6.45) is 3.97. The van der Waals surface area contributed by atoms with E-state index >= 15 is 0 Å². The Balaban J connectivity index is 1.93. The zero-order chi connectivity index (χ0) is 22.5. The number of nitrogens with one attached hydrogen (secondary N) is 1. The lowest BCUT2D eigenvalue weighted by molar-refractivity contribution is -0.112. The Morgan fingerprint density at radius 1 is 1.42 bits per heavy atom. The number of nitriles is 1. The fourth-order valence-corrected chi connectivity index (χ4v) is 4.92. The van der Waals surface area contributed by atoms with Crippen molar-refractivity contribution in [3.05, 3.63) is 45.3 Å². The number of carbonyl (C=O) groups is 2. The van der Waals surface area contributed by atoms with Crippen LogP contribution in [0.15, 0.2) is 23.8 Å². The molecule has 2 N–H and O–H groups in total. The fraction of sp³-hybridized carbons (Fsp3) is 0.348. The molecule has 1 amide bonds. The first kappa shape index (κ1) is 22.4. The van der Waals surface area contributed by atoms with Gasteiger partial charge in [-0.25, -0.2) is 4.79 Å². The molecule has 31 heavy (non-hydrogen) atoms. The molecule has 3 rings (SSSR count). The molecule has 0 bridgehead atoms. The van der Waals surface area contributed by atoms with Crippen LogP contribution in [0.1, 0.15) is 46.6 Å². The smallest absolute Gasteiger partial charge is 0.341 e. The minimum Gasteiger partial charge on any atom is -0.504 e. The van der Waals surface area contributed by atoms with Crippen molar-refractivity contribution in [2.24, 2.45) is 5.92 Å². The third-order valence-electron chi connectivity index (χ3n) is 5.10. The maximum Gasteiger partial charge on any atom is 0.341 e. The number of methoxy groups -OCH3 is 1. The molecule has 2 aromatic rings. The number of aromatic hydroxyl groups is 1. The summed E-state index contributed by atoms with van der Waals surface area (Å²) in [7, 11) is 1.41. The number of esters is 1. The summed E-state index contributed by atoms with van der Waals surface area (Å²) in [6.45, 7) is 4.13. The van der Waals surface area contributed by atoms with E-state index in [9.17, 15) is 20.0 Å². The highest BCUT2D eigenvalue weighted by molar-refractivity contribution is 7.17. The van der Waals surface area contributed by atoms with Gasteiger partial charge in [0.05, 0.1) is 19.3 Å². The third-order valence-corrected chi connectivity index (χ3v) is 6.27. The minimum absolute atomic E-state index is 0.0416. The van der Waals surface area contributed by atoms with Crippen LogP contribution in [0.4, 0.5) is 5.00 Å². The van der Waals surface area contributed by atoms with Crippen LogP contribution in [0.5, 0.6) is 11.5 Å². The topological polar surface area (TPSA) is 109 Å². The number of phenols is 1. The monoisotopic (exact) mass is 440 g/mol. The van der Waals surface area contributed by atoms with Gasteiger partial charge in [0.15, 0.2) is 11.5 Å². The van der Waals surface area contributed by atoms with Gasteiger partial charge >= 0.3 is 5.97 Å². The number of nitrogens with zero attached hydrogens (tertiary/aromatic N) is 1. The van der Waals surface area contributed by atoms with Crippen molar-refractivity contribution < 1.29 is 24.2 Å². The van der Waals surface area contributed by atoms with Crippen LogP contribution in [-0.4, -0.2) is 30.7 Å². The molecule has 162 valence electrons. The van der Waals surface area contributed by atoms with E-state index in [1.54, 1.807) is 13.0 Å². The Hall–Kier alpha value is -3.31. The second kappa shape index (κ2) is 9.67. The van der Waals surface area contributed by atoms with Gasteiger partial charge in [-0.2, -0.15) is 5.26 Å². The zero-order valence-corrected chi connectivity index (χ0v) is 18.5. The Morgan fingerprint density at radius 3 is 2.87 bits per heavy atom. The summed E-state index contributed by atoms with van der Waals surface area (Å²) in [6, 6.07) is 6.41. The standard InChI is InChI=1S/C23H24N2O5S/c1-4-30-23(28)20-16-7-5-13(2)9-19(16)31-22(20)25-21(27)15(12-24)10-14-6-8-17(26)18(11-14)29-3/h6,8,10-11,13,26H,4-5,7,9H2,1-3H3,(H,25,27)/b15-10-/t13-/m0/s1. The molecule has 1 atom stereocenters. The summed E-state index contributed by atoms with van der Waals surface area (Å²) < 4.78 is 10.3. The van der Waals surface area contributed by atoms with Crippen molar-refractivity contribution in [2.75, 3.05) is 19.0 Å². The molecule has 1 heterocycles. The van der Waals surface area contributed by atoms with Gasteiger partial charge in [-0.3, -0.25) is 4.79 Å². The maximum absolute atomic E-state index is 12.9. The number of fused-ring (bicyclic) bond motifs is 1. The minimum atomic E-state index is -0.619. The van der Waals surface area contributed by atoms with Crippen molar-refractivity contribution >= 4 is 34.3 Å². The fourth-order valence-electron chi connectivity index (χ4n) is 3.53. The molecular weight excluding hydrogens is 416 g/mol. The maximum atomic E-state index is 12.9. The molecule has 0 saturated heterocycles. The van der Waals surface area contributed by atoms with Gasteiger partial charge < -0.3 is 19.9 Å². The number of anilines is 1. The van der Waals surface area contributed by atoms with Crippen molar-refractivity contribution in [1.29, 1.82) is 5.26 Å². The van der Waals surface area contributed by atoms with Crippen molar-refractivity contribution in [1.82, 2.24) is 0 Å². The molecule has 0 fully saturated rings. The lowest BCUT2D eigenvalue weighted by Gasteiger charge is -2.18. The van der Waals surface area contributed by atoms with Crippen LogP contribution in [0.2, 0.25) is 0 Å². The van der Waals surface area contributed by atoms with Gasteiger partial charge in [0.1, 0.15) is 16.6 Å². The van der Waals surface area contributed by atoms with E-state index in [0.29, 0.717) is 22.0 Å². The Morgan fingerprint density at radius 2 is 2.19 bits per heavy atom. The van der Waals surface area contributed by atoms with Crippen LogP contribution < -0.4 is 10.1 Å². The molecule has 8 heteroatoms. The van der Waals surface area contributed by atoms with Crippen LogP contribution in [0.25, 0.3) is 6.08 Å². The number of hydrogen-bond donors (Lipinski definition) is 2. The highest BCUT2D eigenvalue weighted by Gasteiger charge is 2.29. The number of carbonyl (C=O) groups excluding carboxylic acids is 2. The van der Waals surface area contributed by atoms with E-state index < -0.39 is 11.9 Å². The number of hydrogen-bond acceptors (Lipinski definition) is 7. The van der Waals surface area contributed by atoms with E-state index in [1.807, 2.05) is 6.07 Å². The van der Waals surface area contributed by atoms with E-state index in [4.69, 9.17) is 9.47 Å². The SMILES string of the molecule is CCOC(=O)c1c(NC(=O)/C(C#N)=C\c2ccc(O)c(OC)c2)sc2c1CC[C@H](C)C2. The average molecular weight is 441 g/mol. The van der Waals surface area contributed by atoms with E-state index in [2.05, 4.69) is 12.2 Å². The first-order chi connectivity index (χ1) is 14.9. The Bertz CT molecular complexity index is 1080. The van der Waals surface area contributed by atoms with Gasteiger partial charge in [-0.05, 0) is 61.4 Å². The Kier molecular flexibility index (Phi) is 6.98. The van der Waals surface area contributed by atoms with Gasteiger partial charge in [0, 0.05) is 4.88 Å². The number of phenolic OH excluding ortho intramolecular Hbond substituents is 1. The first-order valence-corrected chi connectivity index (χ1v) is 10.8. The number of rotatable bonds is 6. The van der Waals surface area contributed by atoms with Crippen molar-refractivity contribution in [2.45, 2.75) is 33.1 Å². The molecule has 1 aliphatic rings. The van der Waals surface area contributed by atoms with Gasteiger partial charge in [-0.1, -0.05) is 13.0 Å². The second-order valence-electron chi connectivity index (χ2n) is 7.33. The van der Waals surface area contributed by atoms with Crippen LogP contribution >= 0.6 is 11.3 Å². The molecule has 0 aliphatic heterocycles. The quantitative estimate of drug-likeness (QED) is 0.394. The van der Waals surface area contributed by atoms with Crippen molar-refractivity contribution in [3.8, 4) is 17.6 Å².